The van der Waals surface area contributed by atoms with Crippen molar-refractivity contribution in [2.75, 3.05) is 13.7 Å². The summed E-state index contributed by atoms with van der Waals surface area (Å²) < 4.78 is 5.43. The lowest BCUT2D eigenvalue weighted by atomic mass is 10.0. The molecule has 0 aromatic carbocycles. The molecule has 1 aromatic rings. The van der Waals surface area contributed by atoms with Gasteiger partial charge < -0.3 is 10.1 Å². The SMILES string of the molecule is COC(C)(C)c1nc(C)c2c(n1)CCNC2. The molecule has 1 aliphatic rings. The van der Waals surface area contributed by atoms with Gasteiger partial charge in [0.1, 0.15) is 5.60 Å². The Bertz CT molecular complexity index is 401. The molecular weight excluding hydrogens is 202 g/mol. The molecule has 2 heterocycles. The number of fused-ring (bicyclic) bond motifs is 1. The van der Waals surface area contributed by atoms with Crippen LogP contribution in [0.4, 0.5) is 0 Å². The van der Waals surface area contributed by atoms with Crippen molar-refractivity contribution in [1.82, 2.24) is 15.3 Å². The third-order valence-corrected chi connectivity index (χ3v) is 3.19. The minimum Gasteiger partial charge on any atom is -0.371 e. The normalized spacial score (nSPS) is 16.0. The highest BCUT2D eigenvalue weighted by molar-refractivity contribution is 5.28. The van der Waals surface area contributed by atoms with Gasteiger partial charge in [-0.3, -0.25) is 0 Å². The van der Waals surface area contributed by atoms with Crippen LogP contribution in [0, 0.1) is 6.92 Å². The molecule has 0 unspecified atom stereocenters. The first-order valence-electron chi connectivity index (χ1n) is 5.67. The zero-order valence-electron chi connectivity index (χ0n) is 10.4. The first-order valence-corrected chi connectivity index (χ1v) is 5.67. The van der Waals surface area contributed by atoms with E-state index >= 15 is 0 Å². The molecule has 0 amide bonds. The predicted molar refractivity (Wildman–Crippen MR) is 62.2 cm³/mol. The number of methoxy groups -OCH3 is 1. The minimum absolute atomic E-state index is 0.412. The minimum atomic E-state index is -0.412. The number of nitrogens with one attached hydrogen (secondary N) is 1. The van der Waals surface area contributed by atoms with Gasteiger partial charge in [-0.25, -0.2) is 9.97 Å². The van der Waals surface area contributed by atoms with Crippen LogP contribution in [0.2, 0.25) is 0 Å². The van der Waals surface area contributed by atoms with E-state index in [0.29, 0.717) is 0 Å². The molecule has 0 saturated carbocycles. The van der Waals surface area contributed by atoms with E-state index < -0.39 is 5.60 Å². The van der Waals surface area contributed by atoms with Gasteiger partial charge in [0.2, 0.25) is 0 Å². The van der Waals surface area contributed by atoms with E-state index in [1.54, 1.807) is 7.11 Å². The van der Waals surface area contributed by atoms with Gasteiger partial charge in [0.15, 0.2) is 5.82 Å². The molecule has 1 aliphatic heterocycles. The van der Waals surface area contributed by atoms with Gasteiger partial charge >= 0.3 is 0 Å². The predicted octanol–water partition coefficient (Wildman–Crippen LogP) is 1.31. The Hall–Kier alpha value is -1.00. The van der Waals surface area contributed by atoms with E-state index in [-0.39, 0.29) is 0 Å². The summed E-state index contributed by atoms with van der Waals surface area (Å²) in [5, 5.41) is 3.34. The summed E-state index contributed by atoms with van der Waals surface area (Å²) in [6.07, 6.45) is 0.978. The molecule has 0 saturated heterocycles. The van der Waals surface area contributed by atoms with Gasteiger partial charge in [-0.1, -0.05) is 0 Å². The van der Waals surface area contributed by atoms with Crippen molar-refractivity contribution < 1.29 is 4.74 Å². The van der Waals surface area contributed by atoms with Gasteiger partial charge in [-0.05, 0) is 20.8 Å². The van der Waals surface area contributed by atoms with Crippen LogP contribution in [0.5, 0.6) is 0 Å². The first kappa shape index (κ1) is 11.5. The van der Waals surface area contributed by atoms with E-state index in [2.05, 4.69) is 15.3 Å². The van der Waals surface area contributed by atoms with E-state index in [9.17, 15) is 0 Å². The fourth-order valence-corrected chi connectivity index (χ4v) is 1.87. The van der Waals surface area contributed by atoms with Crippen LogP contribution in [0.15, 0.2) is 0 Å². The third kappa shape index (κ3) is 1.95. The number of hydrogen-bond donors (Lipinski definition) is 1. The van der Waals surface area contributed by atoms with Gasteiger partial charge in [0.25, 0.3) is 0 Å². The molecule has 1 N–H and O–H groups in total. The van der Waals surface area contributed by atoms with Crippen LogP contribution in [0.1, 0.15) is 36.6 Å². The molecular formula is C12H19N3O. The molecule has 0 atom stereocenters. The Morgan fingerprint density at radius 2 is 2.06 bits per heavy atom. The number of ether oxygens (including phenoxy) is 1. The quantitative estimate of drug-likeness (QED) is 0.818. The Balaban J connectivity index is 2.47. The summed E-state index contributed by atoms with van der Waals surface area (Å²) in [5.74, 6) is 0.785. The Kier molecular flexibility index (Phi) is 2.95. The molecule has 2 rings (SSSR count). The summed E-state index contributed by atoms with van der Waals surface area (Å²) >= 11 is 0. The van der Waals surface area contributed by atoms with Crippen LogP contribution in [-0.4, -0.2) is 23.6 Å². The first-order chi connectivity index (χ1) is 7.54. The molecule has 4 heteroatoms. The van der Waals surface area contributed by atoms with Gasteiger partial charge in [0, 0.05) is 37.9 Å². The summed E-state index contributed by atoms with van der Waals surface area (Å²) in [6.45, 7) is 7.92. The standard InChI is InChI=1S/C12H19N3O/c1-8-9-7-13-6-5-10(9)15-11(14-8)12(2,3)16-4/h13H,5-7H2,1-4H3. The van der Waals surface area contributed by atoms with E-state index in [1.807, 2.05) is 20.8 Å². The Morgan fingerprint density at radius 1 is 1.31 bits per heavy atom. The van der Waals surface area contributed by atoms with Crippen LogP contribution in [0.25, 0.3) is 0 Å². The zero-order valence-corrected chi connectivity index (χ0v) is 10.4. The largest absolute Gasteiger partial charge is 0.371 e. The van der Waals surface area contributed by atoms with Crippen LogP contribution in [0.3, 0.4) is 0 Å². The maximum Gasteiger partial charge on any atom is 0.160 e. The molecule has 16 heavy (non-hydrogen) atoms. The van der Waals surface area contributed by atoms with Crippen molar-refractivity contribution in [3.8, 4) is 0 Å². The Labute approximate surface area is 96.4 Å². The molecule has 0 spiro atoms. The second kappa shape index (κ2) is 4.11. The maximum atomic E-state index is 5.43. The van der Waals surface area contributed by atoms with E-state index in [4.69, 9.17) is 4.74 Å². The lowest BCUT2D eigenvalue weighted by Crippen LogP contribution is -2.30. The monoisotopic (exact) mass is 221 g/mol. The van der Waals surface area contributed by atoms with Gasteiger partial charge in [-0.15, -0.1) is 0 Å². The second-order valence-electron chi connectivity index (χ2n) is 4.70. The highest BCUT2D eigenvalue weighted by Crippen LogP contribution is 2.23. The lowest BCUT2D eigenvalue weighted by Gasteiger charge is -2.25. The van der Waals surface area contributed by atoms with Gasteiger partial charge in [-0.2, -0.15) is 0 Å². The molecule has 4 nitrogen and oxygen atoms in total. The van der Waals surface area contributed by atoms with Crippen LogP contribution in [-0.2, 0) is 23.3 Å². The van der Waals surface area contributed by atoms with Crippen molar-refractivity contribution in [3.63, 3.8) is 0 Å². The zero-order chi connectivity index (χ0) is 11.8. The summed E-state index contributed by atoms with van der Waals surface area (Å²) in [7, 11) is 1.69. The molecule has 1 aromatic heterocycles. The van der Waals surface area contributed by atoms with Crippen molar-refractivity contribution in [2.45, 2.75) is 39.3 Å². The number of rotatable bonds is 2. The summed E-state index contributed by atoms with van der Waals surface area (Å²) in [4.78, 5) is 9.19. The van der Waals surface area contributed by atoms with E-state index in [1.165, 1.54) is 11.3 Å². The van der Waals surface area contributed by atoms with Gasteiger partial charge in [0.05, 0.1) is 5.69 Å². The van der Waals surface area contributed by atoms with E-state index in [0.717, 1.165) is 31.0 Å². The highest BCUT2D eigenvalue weighted by atomic mass is 16.5. The molecule has 0 fully saturated rings. The summed E-state index contributed by atoms with van der Waals surface area (Å²) in [6, 6.07) is 0. The fourth-order valence-electron chi connectivity index (χ4n) is 1.87. The average molecular weight is 221 g/mol. The lowest BCUT2D eigenvalue weighted by molar-refractivity contribution is 0.0110. The van der Waals surface area contributed by atoms with Crippen molar-refractivity contribution in [3.05, 3.63) is 22.8 Å². The number of aromatic nitrogens is 2. The Morgan fingerprint density at radius 3 is 2.75 bits per heavy atom. The molecule has 0 radical (unpaired) electrons. The number of nitrogens with zero attached hydrogens (tertiary/aromatic N) is 2. The van der Waals surface area contributed by atoms with Crippen molar-refractivity contribution in [2.24, 2.45) is 0 Å². The van der Waals surface area contributed by atoms with Crippen molar-refractivity contribution in [1.29, 1.82) is 0 Å². The van der Waals surface area contributed by atoms with Crippen molar-refractivity contribution >= 4 is 0 Å². The second-order valence-corrected chi connectivity index (χ2v) is 4.70. The number of aryl methyl sites for hydroxylation is 1. The average Bonchev–Trinajstić information content (AvgIpc) is 2.29. The fraction of sp³-hybridized carbons (Fsp3) is 0.667. The molecule has 0 bridgehead atoms. The third-order valence-electron chi connectivity index (χ3n) is 3.19. The number of hydrogen-bond acceptors (Lipinski definition) is 4. The summed E-state index contributed by atoms with van der Waals surface area (Å²) in [5.41, 5.74) is 3.08. The smallest absolute Gasteiger partial charge is 0.160 e. The highest BCUT2D eigenvalue weighted by Gasteiger charge is 2.26. The topological polar surface area (TPSA) is 47.0 Å². The molecule has 0 aliphatic carbocycles. The maximum absolute atomic E-state index is 5.43. The van der Waals surface area contributed by atoms with Crippen LogP contribution >= 0.6 is 0 Å². The van der Waals surface area contributed by atoms with Crippen LogP contribution < -0.4 is 5.32 Å². The molecule has 88 valence electrons.